The lowest BCUT2D eigenvalue weighted by atomic mass is 10.0. The Labute approximate surface area is 101 Å². The van der Waals surface area contributed by atoms with Gasteiger partial charge in [0.2, 0.25) is 0 Å². The number of halogens is 1. The van der Waals surface area contributed by atoms with Gasteiger partial charge in [0.25, 0.3) is 0 Å². The first-order valence-corrected chi connectivity index (χ1v) is 5.41. The van der Waals surface area contributed by atoms with E-state index in [2.05, 4.69) is 6.58 Å². The summed E-state index contributed by atoms with van der Waals surface area (Å²) in [6, 6.07) is 6.59. The molecule has 0 aliphatic rings. The topological polar surface area (TPSA) is 44.5 Å². The molecule has 0 fully saturated rings. The Hall–Kier alpha value is -1.39. The summed E-state index contributed by atoms with van der Waals surface area (Å²) in [7, 11) is 1.52. The molecule has 17 heavy (non-hydrogen) atoms. The normalized spacial score (nSPS) is 14.1. The van der Waals surface area contributed by atoms with Gasteiger partial charge >= 0.3 is 0 Å². The highest BCUT2D eigenvalue weighted by Crippen LogP contribution is 2.22. The third kappa shape index (κ3) is 3.84. The van der Waals surface area contributed by atoms with Crippen molar-refractivity contribution in [3.63, 3.8) is 0 Å². The van der Waals surface area contributed by atoms with Crippen molar-refractivity contribution in [1.82, 2.24) is 0 Å². The van der Waals surface area contributed by atoms with Crippen molar-refractivity contribution < 1.29 is 13.9 Å². The fraction of sp³-hybridized carbons (Fsp3) is 0.385. The molecule has 0 radical (unpaired) electrons. The Morgan fingerprint density at radius 3 is 2.53 bits per heavy atom. The van der Waals surface area contributed by atoms with Crippen molar-refractivity contribution in [2.45, 2.75) is 12.1 Å². The van der Waals surface area contributed by atoms with Crippen LogP contribution >= 0.6 is 0 Å². The minimum atomic E-state index is -0.653. The number of methoxy groups -OCH3 is 1. The molecule has 0 amide bonds. The molecule has 3 nitrogen and oxygen atoms in total. The first-order valence-electron chi connectivity index (χ1n) is 5.41. The van der Waals surface area contributed by atoms with E-state index in [1.54, 1.807) is 18.2 Å². The van der Waals surface area contributed by atoms with Crippen LogP contribution in [0.25, 0.3) is 0 Å². The van der Waals surface area contributed by atoms with E-state index in [1.807, 2.05) is 12.1 Å². The second kappa shape index (κ2) is 7.04. The van der Waals surface area contributed by atoms with Gasteiger partial charge < -0.3 is 15.2 Å². The predicted molar refractivity (Wildman–Crippen MR) is 65.8 cm³/mol. The van der Waals surface area contributed by atoms with Gasteiger partial charge in [-0.25, -0.2) is 4.39 Å². The standard InChI is InChI=1S/C13H18FNO2/c1-3-8-17-11-6-4-10(5-7-11)13(16-2)12(15)9-14/h3-7,12-13H,1,8-9,15H2,2H3/t12-,13-/m1/s1. The van der Waals surface area contributed by atoms with Crippen LogP contribution in [0.3, 0.4) is 0 Å². The minimum Gasteiger partial charge on any atom is -0.490 e. The highest BCUT2D eigenvalue weighted by atomic mass is 19.1. The van der Waals surface area contributed by atoms with E-state index in [1.165, 1.54) is 7.11 Å². The lowest BCUT2D eigenvalue weighted by molar-refractivity contribution is 0.0720. The van der Waals surface area contributed by atoms with Crippen LogP contribution in [0.15, 0.2) is 36.9 Å². The number of hydrogen-bond donors (Lipinski definition) is 1. The van der Waals surface area contributed by atoms with Crippen molar-refractivity contribution in [1.29, 1.82) is 0 Å². The van der Waals surface area contributed by atoms with E-state index in [0.717, 1.165) is 11.3 Å². The maximum absolute atomic E-state index is 12.5. The molecule has 0 spiro atoms. The van der Waals surface area contributed by atoms with E-state index in [9.17, 15) is 4.39 Å². The van der Waals surface area contributed by atoms with Crippen molar-refractivity contribution in [3.05, 3.63) is 42.5 Å². The average molecular weight is 239 g/mol. The van der Waals surface area contributed by atoms with Crippen LogP contribution in [0.5, 0.6) is 5.75 Å². The zero-order valence-electron chi connectivity index (χ0n) is 9.93. The summed E-state index contributed by atoms with van der Waals surface area (Å²) >= 11 is 0. The highest BCUT2D eigenvalue weighted by molar-refractivity contribution is 5.29. The molecule has 0 saturated heterocycles. The fourth-order valence-corrected chi connectivity index (χ4v) is 1.55. The van der Waals surface area contributed by atoms with Crippen molar-refractivity contribution in [2.24, 2.45) is 5.73 Å². The summed E-state index contributed by atoms with van der Waals surface area (Å²) in [4.78, 5) is 0. The zero-order valence-corrected chi connectivity index (χ0v) is 9.93. The van der Waals surface area contributed by atoms with Gasteiger partial charge in [0, 0.05) is 7.11 Å². The van der Waals surface area contributed by atoms with Gasteiger partial charge in [0.1, 0.15) is 19.0 Å². The Morgan fingerprint density at radius 2 is 2.06 bits per heavy atom. The lowest BCUT2D eigenvalue weighted by Gasteiger charge is -2.20. The zero-order chi connectivity index (χ0) is 12.7. The molecule has 1 aromatic rings. The second-order valence-electron chi connectivity index (χ2n) is 3.64. The quantitative estimate of drug-likeness (QED) is 0.742. The smallest absolute Gasteiger partial charge is 0.119 e. The number of ether oxygens (including phenoxy) is 2. The Morgan fingerprint density at radius 1 is 1.41 bits per heavy atom. The molecule has 0 bridgehead atoms. The summed E-state index contributed by atoms with van der Waals surface area (Å²) in [5.41, 5.74) is 6.47. The average Bonchev–Trinajstić information content (AvgIpc) is 2.38. The summed E-state index contributed by atoms with van der Waals surface area (Å²) in [6.45, 7) is 3.40. The SMILES string of the molecule is C=CCOc1ccc([C@@H](OC)[C@H](N)CF)cc1. The third-order valence-electron chi connectivity index (χ3n) is 2.40. The van der Waals surface area contributed by atoms with Crippen LogP contribution in [0, 0.1) is 0 Å². The molecule has 2 N–H and O–H groups in total. The second-order valence-corrected chi connectivity index (χ2v) is 3.64. The molecule has 1 rings (SSSR count). The maximum Gasteiger partial charge on any atom is 0.119 e. The Kier molecular flexibility index (Phi) is 5.66. The van der Waals surface area contributed by atoms with E-state index in [0.29, 0.717) is 6.61 Å². The van der Waals surface area contributed by atoms with Crippen molar-refractivity contribution >= 4 is 0 Å². The minimum absolute atomic E-state index is 0.437. The van der Waals surface area contributed by atoms with Gasteiger partial charge in [0.05, 0.1) is 12.1 Å². The van der Waals surface area contributed by atoms with Crippen LogP contribution < -0.4 is 10.5 Å². The first-order chi connectivity index (χ1) is 8.22. The Balaban J connectivity index is 2.74. The number of nitrogens with two attached hydrogens (primary N) is 1. The van der Waals surface area contributed by atoms with Crippen LogP contribution in [-0.2, 0) is 4.74 Å². The number of hydrogen-bond acceptors (Lipinski definition) is 3. The number of alkyl halides is 1. The summed E-state index contributed by atoms with van der Waals surface area (Å²) in [5, 5.41) is 0. The third-order valence-corrected chi connectivity index (χ3v) is 2.40. The molecule has 0 saturated carbocycles. The molecule has 0 aliphatic carbocycles. The largest absolute Gasteiger partial charge is 0.490 e. The lowest BCUT2D eigenvalue weighted by Crippen LogP contribution is -2.31. The van der Waals surface area contributed by atoms with E-state index < -0.39 is 18.8 Å². The maximum atomic E-state index is 12.5. The van der Waals surface area contributed by atoms with Gasteiger partial charge in [0.15, 0.2) is 0 Å². The molecule has 2 atom stereocenters. The van der Waals surface area contributed by atoms with Crippen LogP contribution in [-0.4, -0.2) is 26.4 Å². The predicted octanol–water partition coefficient (Wildman–Crippen LogP) is 2.24. The highest BCUT2D eigenvalue weighted by Gasteiger charge is 2.19. The molecular weight excluding hydrogens is 221 g/mol. The van der Waals surface area contributed by atoms with Crippen LogP contribution in [0.2, 0.25) is 0 Å². The Bertz CT molecular complexity index is 340. The molecule has 4 heteroatoms. The summed E-state index contributed by atoms with van der Waals surface area (Å²) in [5.74, 6) is 0.734. The molecule has 0 unspecified atom stereocenters. The van der Waals surface area contributed by atoms with Crippen LogP contribution in [0.1, 0.15) is 11.7 Å². The van der Waals surface area contributed by atoms with Crippen LogP contribution in [0.4, 0.5) is 4.39 Å². The van der Waals surface area contributed by atoms with Gasteiger partial charge in [-0.3, -0.25) is 0 Å². The van der Waals surface area contributed by atoms with Gasteiger partial charge in [-0.1, -0.05) is 24.8 Å². The fourth-order valence-electron chi connectivity index (χ4n) is 1.55. The van der Waals surface area contributed by atoms with E-state index >= 15 is 0 Å². The molecule has 1 aromatic carbocycles. The molecule has 0 aromatic heterocycles. The molecular formula is C13H18FNO2. The van der Waals surface area contributed by atoms with E-state index in [-0.39, 0.29) is 0 Å². The number of benzene rings is 1. The molecule has 0 heterocycles. The van der Waals surface area contributed by atoms with E-state index in [4.69, 9.17) is 15.2 Å². The summed E-state index contributed by atoms with van der Waals surface area (Å²) < 4.78 is 23.0. The molecule has 0 aliphatic heterocycles. The first kappa shape index (κ1) is 13.7. The van der Waals surface area contributed by atoms with Crippen molar-refractivity contribution in [3.8, 4) is 5.75 Å². The van der Waals surface area contributed by atoms with Crippen molar-refractivity contribution in [2.75, 3.05) is 20.4 Å². The van der Waals surface area contributed by atoms with Gasteiger partial charge in [-0.15, -0.1) is 0 Å². The summed E-state index contributed by atoms with van der Waals surface area (Å²) in [6.07, 6.45) is 1.23. The molecule has 94 valence electrons. The van der Waals surface area contributed by atoms with Gasteiger partial charge in [-0.05, 0) is 17.7 Å². The van der Waals surface area contributed by atoms with Gasteiger partial charge in [-0.2, -0.15) is 0 Å². The monoisotopic (exact) mass is 239 g/mol. The number of rotatable bonds is 7.